The Morgan fingerprint density at radius 2 is 1.43 bits per heavy atom. The molecule has 3 heterocycles. The van der Waals surface area contributed by atoms with Crippen LogP contribution in [0.4, 0.5) is 11.4 Å². The zero-order chi connectivity index (χ0) is 44.1. The first-order valence-electron chi connectivity index (χ1n) is 19.3. The predicted molar refractivity (Wildman–Crippen MR) is 219 cm³/mol. The maximum atomic E-state index is 12.9. The minimum Gasteiger partial charge on any atom is -0.385 e. The van der Waals surface area contributed by atoms with Crippen molar-refractivity contribution in [3.05, 3.63) is 71.5 Å². The highest BCUT2D eigenvalue weighted by molar-refractivity contribution is 7.87. The number of carbonyl (C=O) groups excluding carboxylic acids is 3. The van der Waals surface area contributed by atoms with Crippen LogP contribution in [0.3, 0.4) is 0 Å². The number of rotatable bonds is 21. The molecular weight excluding hydrogens is 843 g/mol. The standard InChI is InChI=1S/C40H51N3O14S3/c1-39(21-11-25-58(47,48)54-4)30-26-28(59(49,50)55-5)15-17-32(30)41-34(39)12-10-13-35-40(2,22-24-53-3)31-27-29(60(51,52)56-6)16-18-33(31)42(35)23-9-7-8-14-38(46)57-43-36(44)19-20-37(43)45/h10,12-13,15-18,26-27H,7-9,11,14,19-25H2,1-6H3/p+1. The summed E-state index contributed by atoms with van der Waals surface area (Å²) in [6, 6.07) is 9.43. The average molecular weight is 895 g/mol. The van der Waals surface area contributed by atoms with Gasteiger partial charge >= 0.3 is 5.97 Å². The molecule has 2 unspecified atom stereocenters. The first kappa shape index (κ1) is 46.8. The van der Waals surface area contributed by atoms with E-state index in [-0.39, 0.29) is 41.2 Å². The van der Waals surface area contributed by atoms with Crippen molar-refractivity contribution in [3.63, 3.8) is 0 Å². The second-order valence-corrected chi connectivity index (χ2v) is 20.3. The Labute approximate surface area is 351 Å². The number of imide groups is 1. The van der Waals surface area contributed by atoms with E-state index < -0.39 is 59.0 Å². The monoisotopic (exact) mass is 894 g/mol. The van der Waals surface area contributed by atoms with Crippen molar-refractivity contribution in [2.75, 3.05) is 52.7 Å². The number of hydrogen-bond acceptors (Lipinski definition) is 15. The van der Waals surface area contributed by atoms with Crippen LogP contribution in [0.1, 0.15) is 82.8 Å². The Morgan fingerprint density at radius 3 is 2.05 bits per heavy atom. The molecule has 1 N–H and O–H groups in total. The van der Waals surface area contributed by atoms with Gasteiger partial charge in [0, 0.05) is 73.9 Å². The largest absolute Gasteiger partial charge is 0.385 e. The summed E-state index contributed by atoms with van der Waals surface area (Å²) in [6.07, 6.45) is 8.18. The van der Waals surface area contributed by atoms with Crippen LogP contribution in [0.5, 0.6) is 0 Å². The number of fused-ring (bicyclic) bond motifs is 2. The lowest BCUT2D eigenvalue weighted by molar-refractivity contribution is -0.438. The Kier molecular flexibility index (Phi) is 14.6. The van der Waals surface area contributed by atoms with E-state index in [1.165, 1.54) is 18.2 Å². The molecule has 0 spiro atoms. The number of allylic oxidation sites excluding steroid dienone is 4. The van der Waals surface area contributed by atoms with E-state index in [9.17, 15) is 39.6 Å². The van der Waals surface area contributed by atoms with E-state index in [2.05, 4.69) is 14.1 Å². The smallest absolute Gasteiger partial charge is 0.333 e. The highest BCUT2D eigenvalue weighted by Crippen LogP contribution is 2.48. The lowest BCUT2D eigenvalue weighted by Gasteiger charge is -2.26. The maximum absolute atomic E-state index is 12.9. The Morgan fingerprint density at radius 1 is 0.800 bits per heavy atom. The highest BCUT2D eigenvalue weighted by atomic mass is 32.2. The van der Waals surface area contributed by atoms with Crippen molar-refractivity contribution in [2.45, 2.75) is 92.3 Å². The third-order valence-electron chi connectivity index (χ3n) is 11.3. The summed E-state index contributed by atoms with van der Waals surface area (Å²) >= 11 is 0. The van der Waals surface area contributed by atoms with E-state index in [0.717, 1.165) is 38.3 Å². The van der Waals surface area contributed by atoms with Gasteiger partial charge in [0.25, 0.3) is 42.2 Å². The molecule has 60 heavy (non-hydrogen) atoms. The van der Waals surface area contributed by atoms with Crippen molar-refractivity contribution in [3.8, 4) is 0 Å². The number of methoxy groups -OCH3 is 1. The molecule has 0 radical (unpaired) electrons. The summed E-state index contributed by atoms with van der Waals surface area (Å²) < 4.78 is 97.6. The number of nitrogens with one attached hydrogen (secondary N) is 1. The molecule has 2 aromatic rings. The van der Waals surface area contributed by atoms with Crippen LogP contribution in [0.25, 0.3) is 0 Å². The number of hydroxylamine groups is 2. The van der Waals surface area contributed by atoms with Gasteiger partial charge in [-0.25, -0.2) is 4.79 Å². The van der Waals surface area contributed by atoms with Crippen LogP contribution in [0, 0.1) is 0 Å². The molecule has 3 aliphatic heterocycles. The summed E-state index contributed by atoms with van der Waals surface area (Å²) in [4.78, 5) is 41.1. The summed E-state index contributed by atoms with van der Waals surface area (Å²) in [6.45, 7) is 4.70. The van der Waals surface area contributed by atoms with Gasteiger partial charge < -0.3 is 14.9 Å². The van der Waals surface area contributed by atoms with E-state index in [1.54, 1.807) is 25.3 Å². The van der Waals surface area contributed by atoms with Crippen LogP contribution in [-0.4, -0.2) is 106 Å². The van der Waals surface area contributed by atoms with Crippen LogP contribution in [0.15, 0.2) is 70.1 Å². The molecule has 0 aliphatic carbocycles. The molecule has 2 amide bonds. The summed E-state index contributed by atoms with van der Waals surface area (Å²) in [7, 11) is -7.02. The number of carbonyl (C=O) groups is 3. The van der Waals surface area contributed by atoms with E-state index in [0.29, 0.717) is 67.3 Å². The maximum Gasteiger partial charge on any atom is 0.333 e. The molecule has 20 heteroatoms. The lowest BCUT2D eigenvalue weighted by Crippen LogP contribution is -2.33. The third kappa shape index (κ3) is 9.90. The minimum absolute atomic E-state index is 0.00291. The molecular formula is C40H52N3O14S3+. The van der Waals surface area contributed by atoms with E-state index in [1.807, 2.05) is 32.1 Å². The predicted octanol–water partition coefficient (Wildman–Crippen LogP) is 4.50. The second-order valence-electron chi connectivity index (χ2n) is 15.0. The van der Waals surface area contributed by atoms with E-state index >= 15 is 0 Å². The van der Waals surface area contributed by atoms with Crippen LogP contribution in [-0.2, 0) is 77.7 Å². The first-order chi connectivity index (χ1) is 28.3. The fourth-order valence-electron chi connectivity index (χ4n) is 7.80. The summed E-state index contributed by atoms with van der Waals surface area (Å²) in [5.74, 6) is -2.03. The molecule has 0 bridgehead atoms. The van der Waals surface area contributed by atoms with Gasteiger partial charge in [0.1, 0.15) is 6.54 Å². The quantitative estimate of drug-likeness (QED) is 0.0790. The first-order valence-corrected chi connectivity index (χ1v) is 23.7. The SMILES string of the molecule is COCCC1(C)C(/C=C/C=C2/Nc3ccc(S(=O)(=O)OC)cc3C2(C)CCCS(=O)(=O)OC)=[N+](CCCCCC(=O)ON2C(=O)CCC2=O)c2ccc(S(=O)(=O)OC)cc21. The molecule has 1 fully saturated rings. The van der Waals surface area contributed by atoms with Crippen molar-refractivity contribution >= 4 is 65.2 Å². The second kappa shape index (κ2) is 18.8. The number of benzene rings is 2. The Hall–Kier alpha value is -4.31. The molecule has 5 rings (SSSR count). The van der Waals surface area contributed by atoms with Crippen LogP contribution < -0.4 is 5.32 Å². The highest BCUT2D eigenvalue weighted by Gasteiger charge is 2.48. The fourth-order valence-corrected chi connectivity index (χ4v) is 9.84. The molecule has 328 valence electrons. The summed E-state index contributed by atoms with van der Waals surface area (Å²) in [5.41, 5.74) is 2.63. The van der Waals surface area contributed by atoms with Gasteiger partial charge in [-0.2, -0.15) is 29.8 Å². The Balaban J connectivity index is 1.50. The molecule has 17 nitrogen and oxygen atoms in total. The van der Waals surface area contributed by atoms with Crippen LogP contribution in [0.2, 0.25) is 0 Å². The molecule has 1 saturated heterocycles. The molecule has 3 aliphatic rings. The fraction of sp³-hybridized carbons (Fsp3) is 0.500. The molecule has 2 aromatic carbocycles. The number of ether oxygens (including phenoxy) is 1. The minimum atomic E-state index is -4.05. The van der Waals surface area contributed by atoms with Gasteiger partial charge in [0.05, 0.1) is 42.3 Å². The van der Waals surface area contributed by atoms with Crippen molar-refractivity contribution in [1.29, 1.82) is 0 Å². The van der Waals surface area contributed by atoms with Crippen molar-refractivity contribution < 1.29 is 66.3 Å². The van der Waals surface area contributed by atoms with Gasteiger partial charge in [0.2, 0.25) is 5.69 Å². The third-order valence-corrected chi connectivity index (χ3v) is 15.1. The summed E-state index contributed by atoms with van der Waals surface area (Å²) in [5, 5.41) is 3.93. The lowest BCUT2D eigenvalue weighted by atomic mass is 9.76. The van der Waals surface area contributed by atoms with E-state index in [4.69, 9.17) is 17.9 Å². The zero-order valence-electron chi connectivity index (χ0n) is 34.5. The molecule has 0 aromatic heterocycles. The zero-order valence-corrected chi connectivity index (χ0v) is 37.0. The number of unbranched alkanes of at least 4 members (excludes halogenated alkanes) is 2. The number of anilines is 1. The number of amides is 2. The van der Waals surface area contributed by atoms with Crippen LogP contribution >= 0.6 is 0 Å². The van der Waals surface area contributed by atoms with Gasteiger partial charge in [-0.15, -0.1) is 5.06 Å². The van der Waals surface area contributed by atoms with Gasteiger partial charge in [-0.3, -0.25) is 22.1 Å². The molecule has 2 atom stereocenters. The van der Waals surface area contributed by atoms with Crippen molar-refractivity contribution in [1.82, 2.24) is 5.06 Å². The van der Waals surface area contributed by atoms with Gasteiger partial charge in [-0.1, -0.05) is 6.08 Å². The topological polar surface area (TPSA) is 218 Å². The Bertz CT molecular complexity index is 2430. The normalized spacial score (nSPS) is 21.3. The van der Waals surface area contributed by atoms with Crippen molar-refractivity contribution in [2.24, 2.45) is 0 Å². The van der Waals surface area contributed by atoms with Gasteiger partial charge in [0.15, 0.2) is 5.71 Å². The number of hydrogen-bond donors (Lipinski definition) is 1. The average Bonchev–Trinajstić information content (AvgIpc) is 3.77. The number of nitrogens with zero attached hydrogens (tertiary/aromatic N) is 2. The molecule has 0 saturated carbocycles. The van der Waals surface area contributed by atoms with Gasteiger partial charge in [-0.05, 0) is 87.9 Å².